The van der Waals surface area contributed by atoms with E-state index in [0.29, 0.717) is 10.7 Å². The van der Waals surface area contributed by atoms with E-state index in [9.17, 15) is 9.59 Å². The van der Waals surface area contributed by atoms with Crippen LogP contribution in [0.4, 0.5) is 5.69 Å². The molecular weight excluding hydrogens is 408 g/mol. The summed E-state index contributed by atoms with van der Waals surface area (Å²) in [5.41, 5.74) is 2.24. The van der Waals surface area contributed by atoms with Gasteiger partial charge in [-0.05, 0) is 29.8 Å². The number of hydrogen-bond donors (Lipinski definition) is 2. The Kier molecular flexibility index (Phi) is 5.40. The number of nitrogens with one attached hydrogen (secondary N) is 2. The molecule has 0 saturated carbocycles. The highest BCUT2D eigenvalue weighted by Crippen LogP contribution is 2.25. The van der Waals surface area contributed by atoms with Crippen LogP contribution < -0.4 is 5.32 Å². The van der Waals surface area contributed by atoms with E-state index in [1.165, 1.54) is 0 Å². The molecule has 0 spiro atoms. The lowest BCUT2D eigenvalue weighted by molar-refractivity contribution is -0.146. The van der Waals surface area contributed by atoms with E-state index in [0.717, 1.165) is 20.9 Å². The third kappa shape index (κ3) is 4.41. The van der Waals surface area contributed by atoms with Crippen molar-refractivity contribution in [3.63, 3.8) is 0 Å². The van der Waals surface area contributed by atoms with Gasteiger partial charge in [-0.2, -0.15) is 0 Å². The number of ether oxygens (including phenoxy) is 1. The molecule has 3 rings (SSSR count). The Bertz CT molecular complexity index is 939. The lowest BCUT2D eigenvalue weighted by Crippen LogP contribution is -2.21. The number of amides is 1. The summed E-state index contributed by atoms with van der Waals surface area (Å²) in [5.74, 6) is -0.918. The summed E-state index contributed by atoms with van der Waals surface area (Å²) >= 11 is 9.32. The van der Waals surface area contributed by atoms with Crippen LogP contribution in [0.5, 0.6) is 0 Å². The number of anilines is 1. The summed E-state index contributed by atoms with van der Waals surface area (Å²) in [5, 5.41) is 3.97. The monoisotopic (exact) mass is 420 g/mol. The highest BCUT2D eigenvalue weighted by Gasteiger charge is 2.12. The van der Waals surface area contributed by atoms with Gasteiger partial charge < -0.3 is 15.0 Å². The molecule has 0 unspecified atom stereocenters. The van der Waals surface area contributed by atoms with Gasteiger partial charge in [0.15, 0.2) is 6.61 Å². The van der Waals surface area contributed by atoms with Crippen molar-refractivity contribution in [3.05, 3.63) is 63.7 Å². The largest absolute Gasteiger partial charge is 0.455 e. The topological polar surface area (TPSA) is 71.2 Å². The van der Waals surface area contributed by atoms with Gasteiger partial charge in [0.1, 0.15) is 0 Å². The van der Waals surface area contributed by atoms with Gasteiger partial charge in [-0.3, -0.25) is 9.59 Å². The zero-order chi connectivity index (χ0) is 17.8. The fourth-order valence-corrected chi connectivity index (χ4v) is 3.13. The molecule has 25 heavy (non-hydrogen) atoms. The van der Waals surface area contributed by atoms with Crippen LogP contribution in [0.1, 0.15) is 5.56 Å². The number of benzene rings is 2. The molecule has 0 fully saturated rings. The minimum atomic E-state index is -0.471. The van der Waals surface area contributed by atoms with Gasteiger partial charge in [0.25, 0.3) is 5.91 Å². The van der Waals surface area contributed by atoms with E-state index in [1.807, 2.05) is 24.3 Å². The van der Waals surface area contributed by atoms with Gasteiger partial charge >= 0.3 is 5.97 Å². The Balaban J connectivity index is 1.54. The number of aromatic nitrogens is 1. The normalized spacial score (nSPS) is 10.6. The quantitative estimate of drug-likeness (QED) is 0.603. The number of hydrogen-bond acceptors (Lipinski definition) is 3. The summed E-state index contributed by atoms with van der Waals surface area (Å²) in [6, 6.07) is 12.8. The summed E-state index contributed by atoms with van der Waals surface area (Å²) < 4.78 is 5.85. The van der Waals surface area contributed by atoms with Crippen LogP contribution in [0.2, 0.25) is 5.02 Å². The van der Waals surface area contributed by atoms with Crippen molar-refractivity contribution in [2.45, 2.75) is 6.42 Å². The number of carbonyl (C=O) groups is 2. The molecule has 2 aromatic carbocycles. The van der Waals surface area contributed by atoms with Crippen LogP contribution in [-0.2, 0) is 20.7 Å². The first-order valence-electron chi connectivity index (χ1n) is 7.48. The minimum absolute atomic E-state index is 0.0936. The number of fused-ring (bicyclic) bond motifs is 1. The molecule has 0 atom stereocenters. The number of para-hydroxylation sites is 1. The molecule has 0 bridgehead atoms. The van der Waals surface area contributed by atoms with Crippen LogP contribution in [0.15, 0.2) is 53.1 Å². The van der Waals surface area contributed by atoms with Gasteiger partial charge in [0.2, 0.25) is 0 Å². The van der Waals surface area contributed by atoms with Gasteiger partial charge in [-0.15, -0.1) is 0 Å². The first-order chi connectivity index (χ1) is 12.0. The average molecular weight is 422 g/mol. The standard InChI is InChI=1S/C18H14BrClN2O3/c19-12-5-6-16(14(20)8-12)22-17(23)10-25-18(24)7-11-9-21-15-4-2-1-3-13(11)15/h1-6,8-9,21H,7,10H2,(H,22,23). The predicted molar refractivity (Wildman–Crippen MR) is 101 cm³/mol. The second-order valence-corrected chi connectivity index (χ2v) is 6.69. The molecule has 128 valence electrons. The first kappa shape index (κ1) is 17.5. The van der Waals surface area contributed by atoms with E-state index < -0.39 is 11.9 Å². The number of halogens is 2. The zero-order valence-corrected chi connectivity index (χ0v) is 15.4. The van der Waals surface area contributed by atoms with Gasteiger partial charge in [-0.1, -0.05) is 45.7 Å². The van der Waals surface area contributed by atoms with Crippen molar-refractivity contribution >= 4 is 56.0 Å². The molecule has 3 aromatic rings. The molecule has 0 aliphatic heterocycles. The Morgan fingerprint density at radius 1 is 1.20 bits per heavy atom. The third-order valence-electron chi connectivity index (χ3n) is 3.58. The van der Waals surface area contributed by atoms with Crippen LogP contribution in [-0.4, -0.2) is 23.5 Å². The van der Waals surface area contributed by atoms with Crippen molar-refractivity contribution in [2.75, 3.05) is 11.9 Å². The van der Waals surface area contributed by atoms with Crippen molar-refractivity contribution in [1.29, 1.82) is 0 Å². The lowest BCUT2D eigenvalue weighted by Gasteiger charge is -2.08. The molecule has 7 heteroatoms. The SMILES string of the molecule is O=C(COC(=O)Cc1c[nH]c2ccccc12)Nc1ccc(Br)cc1Cl. The lowest BCUT2D eigenvalue weighted by atomic mass is 10.1. The third-order valence-corrected chi connectivity index (χ3v) is 4.39. The second kappa shape index (κ2) is 7.72. The molecule has 0 aliphatic rings. The van der Waals surface area contributed by atoms with Crippen molar-refractivity contribution in [2.24, 2.45) is 0 Å². The Labute approximate surface area is 157 Å². The summed E-state index contributed by atoms with van der Waals surface area (Å²) in [4.78, 5) is 27.0. The average Bonchev–Trinajstić information content (AvgIpc) is 2.99. The summed E-state index contributed by atoms with van der Waals surface area (Å²) in [6.45, 7) is -0.367. The first-order valence-corrected chi connectivity index (χ1v) is 8.65. The number of esters is 1. The number of aromatic amines is 1. The fourth-order valence-electron chi connectivity index (χ4n) is 2.41. The van der Waals surface area contributed by atoms with Crippen LogP contribution in [0, 0.1) is 0 Å². The van der Waals surface area contributed by atoms with Crippen LogP contribution >= 0.6 is 27.5 Å². The Hall–Kier alpha value is -2.31. The zero-order valence-electron chi connectivity index (χ0n) is 13.0. The molecule has 0 saturated heterocycles. The molecule has 5 nitrogen and oxygen atoms in total. The highest BCUT2D eigenvalue weighted by molar-refractivity contribution is 9.10. The highest BCUT2D eigenvalue weighted by atomic mass is 79.9. The van der Waals surface area contributed by atoms with Crippen molar-refractivity contribution in [3.8, 4) is 0 Å². The molecular formula is C18H14BrClN2O3. The van der Waals surface area contributed by atoms with E-state index in [-0.39, 0.29) is 13.0 Å². The molecule has 2 N–H and O–H groups in total. The number of carbonyl (C=O) groups excluding carboxylic acids is 2. The van der Waals surface area contributed by atoms with E-state index in [4.69, 9.17) is 16.3 Å². The Morgan fingerprint density at radius 3 is 2.80 bits per heavy atom. The van der Waals surface area contributed by atoms with Crippen molar-refractivity contribution in [1.82, 2.24) is 4.98 Å². The molecule has 1 aromatic heterocycles. The maximum atomic E-state index is 12.0. The van der Waals surface area contributed by atoms with Crippen LogP contribution in [0.3, 0.4) is 0 Å². The van der Waals surface area contributed by atoms with E-state index in [2.05, 4.69) is 26.2 Å². The van der Waals surface area contributed by atoms with E-state index >= 15 is 0 Å². The number of H-pyrrole nitrogens is 1. The summed E-state index contributed by atoms with van der Waals surface area (Å²) in [6.07, 6.45) is 1.87. The van der Waals surface area contributed by atoms with Gasteiger partial charge in [0, 0.05) is 21.6 Å². The Morgan fingerprint density at radius 2 is 2.00 bits per heavy atom. The van der Waals surface area contributed by atoms with Gasteiger partial charge in [-0.25, -0.2) is 0 Å². The number of rotatable bonds is 5. The molecule has 0 radical (unpaired) electrons. The molecule has 1 heterocycles. The van der Waals surface area contributed by atoms with Crippen LogP contribution in [0.25, 0.3) is 10.9 Å². The minimum Gasteiger partial charge on any atom is -0.455 e. The summed E-state index contributed by atoms with van der Waals surface area (Å²) in [7, 11) is 0. The smallest absolute Gasteiger partial charge is 0.310 e. The fraction of sp³-hybridized carbons (Fsp3) is 0.111. The van der Waals surface area contributed by atoms with E-state index in [1.54, 1.807) is 24.4 Å². The maximum Gasteiger partial charge on any atom is 0.310 e. The maximum absolute atomic E-state index is 12.0. The van der Waals surface area contributed by atoms with Crippen molar-refractivity contribution < 1.29 is 14.3 Å². The second-order valence-electron chi connectivity index (χ2n) is 5.37. The molecule has 0 aliphatic carbocycles. The predicted octanol–water partition coefficient (Wildman–Crippen LogP) is 4.31. The van der Waals surface area contributed by atoms with Gasteiger partial charge in [0.05, 0.1) is 17.1 Å². The molecule has 1 amide bonds.